The molecule has 0 aliphatic carbocycles. The molecular formula is C14H12ClN3O2S. The Hall–Kier alpha value is -2.23. The van der Waals surface area contributed by atoms with Crippen molar-refractivity contribution in [2.24, 2.45) is 0 Å². The van der Waals surface area contributed by atoms with E-state index in [1.54, 1.807) is 24.3 Å². The Bertz CT molecular complexity index is 813. The van der Waals surface area contributed by atoms with Gasteiger partial charge in [0.1, 0.15) is 6.07 Å². The SMILES string of the molecule is N#Cc1ccc(NS(=O)(=O)Cc2cccc(N)c2)cc1Cl. The minimum absolute atomic E-state index is 0.196. The number of sulfonamides is 1. The topological polar surface area (TPSA) is 96.0 Å². The van der Waals surface area contributed by atoms with Gasteiger partial charge in [-0.2, -0.15) is 5.26 Å². The lowest BCUT2D eigenvalue weighted by molar-refractivity contribution is 0.600. The Labute approximate surface area is 128 Å². The molecule has 7 heteroatoms. The van der Waals surface area contributed by atoms with Crippen molar-refractivity contribution in [3.05, 3.63) is 58.6 Å². The van der Waals surface area contributed by atoms with Crippen LogP contribution < -0.4 is 10.5 Å². The van der Waals surface area contributed by atoms with Gasteiger partial charge in [0, 0.05) is 5.69 Å². The second-order valence-corrected chi connectivity index (χ2v) is 6.54. The predicted molar refractivity (Wildman–Crippen MR) is 83.3 cm³/mol. The molecule has 0 unspecified atom stereocenters. The van der Waals surface area contributed by atoms with E-state index in [-0.39, 0.29) is 16.3 Å². The standard InChI is InChI=1S/C14H12ClN3O2S/c15-14-7-13(5-4-11(14)8-16)18-21(19,20)9-10-2-1-3-12(17)6-10/h1-7,18H,9,17H2. The number of nitrogens with one attached hydrogen (secondary N) is 1. The lowest BCUT2D eigenvalue weighted by Crippen LogP contribution is -2.15. The van der Waals surface area contributed by atoms with Gasteiger partial charge in [-0.3, -0.25) is 4.72 Å². The number of hydrogen-bond donors (Lipinski definition) is 2. The smallest absolute Gasteiger partial charge is 0.236 e. The van der Waals surface area contributed by atoms with Crippen molar-refractivity contribution in [3.8, 4) is 6.07 Å². The van der Waals surface area contributed by atoms with E-state index in [4.69, 9.17) is 22.6 Å². The van der Waals surface area contributed by atoms with Crippen molar-refractivity contribution in [3.63, 3.8) is 0 Å². The highest BCUT2D eigenvalue weighted by molar-refractivity contribution is 7.91. The van der Waals surface area contributed by atoms with Crippen LogP contribution in [0.3, 0.4) is 0 Å². The molecule has 0 amide bonds. The maximum atomic E-state index is 12.1. The van der Waals surface area contributed by atoms with Crippen LogP contribution in [0.5, 0.6) is 0 Å². The minimum atomic E-state index is -3.59. The molecule has 0 bridgehead atoms. The van der Waals surface area contributed by atoms with Gasteiger partial charge in [0.05, 0.1) is 22.0 Å². The molecule has 0 atom stereocenters. The first-order valence-electron chi connectivity index (χ1n) is 5.94. The fraction of sp³-hybridized carbons (Fsp3) is 0.0714. The molecule has 0 heterocycles. The van der Waals surface area contributed by atoms with Gasteiger partial charge >= 0.3 is 0 Å². The van der Waals surface area contributed by atoms with Gasteiger partial charge in [-0.1, -0.05) is 23.7 Å². The largest absolute Gasteiger partial charge is 0.399 e. The number of halogens is 1. The first kappa shape index (κ1) is 15.2. The fourth-order valence-electron chi connectivity index (χ4n) is 1.79. The highest BCUT2D eigenvalue weighted by Crippen LogP contribution is 2.22. The number of nitrogen functional groups attached to an aromatic ring is 1. The third-order valence-corrected chi connectivity index (χ3v) is 4.24. The number of nitrogens with two attached hydrogens (primary N) is 1. The maximum Gasteiger partial charge on any atom is 0.236 e. The summed E-state index contributed by atoms with van der Waals surface area (Å²) >= 11 is 5.87. The van der Waals surface area contributed by atoms with E-state index in [0.717, 1.165) is 0 Å². The molecule has 0 saturated heterocycles. The summed E-state index contributed by atoms with van der Waals surface area (Å²) < 4.78 is 26.6. The van der Waals surface area contributed by atoms with Gasteiger partial charge in [0.2, 0.25) is 10.0 Å². The first-order chi connectivity index (χ1) is 9.89. The summed E-state index contributed by atoms with van der Waals surface area (Å²) in [7, 11) is -3.59. The summed E-state index contributed by atoms with van der Waals surface area (Å²) in [5.74, 6) is -0.199. The maximum absolute atomic E-state index is 12.1. The summed E-state index contributed by atoms with van der Waals surface area (Å²) in [5, 5.41) is 8.97. The monoisotopic (exact) mass is 321 g/mol. The Morgan fingerprint density at radius 1 is 1.24 bits per heavy atom. The van der Waals surface area contributed by atoms with E-state index in [1.165, 1.54) is 18.2 Å². The third-order valence-electron chi connectivity index (χ3n) is 2.67. The van der Waals surface area contributed by atoms with Crippen molar-refractivity contribution in [1.29, 1.82) is 5.26 Å². The molecule has 0 aromatic heterocycles. The summed E-state index contributed by atoms with van der Waals surface area (Å²) in [4.78, 5) is 0. The first-order valence-corrected chi connectivity index (χ1v) is 7.97. The highest BCUT2D eigenvalue weighted by atomic mass is 35.5. The average molecular weight is 322 g/mol. The zero-order valence-electron chi connectivity index (χ0n) is 10.9. The molecule has 0 fully saturated rings. The molecule has 2 aromatic carbocycles. The molecule has 0 aliphatic heterocycles. The van der Waals surface area contributed by atoms with E-state index < -0.39 is 10.0 Å². The van der Waals surface area contributed by atoms with Crippen molar-refractivity contribution in [1.82, 2.24) is 0 Å². The van der Waals surface area contributed by atoms with Crippen LogP contribution in [0.15, 0.2) is 42.5 Å². The van der Waals surface area contributed by atoms with E-state index in [2.05, 4.69) is 4.72 Å². The van der Waals surface area contributed by atoms with Gasteiger partial charge < -0.3 is 5.73 Å². The number of nitriles is 1. The van der Waals surface area contributed by atoms with Crippen molar-refractivity contribution in [2.45, 2.75) is 5.75 Å². The van der Waals surface area contributed by atoms with Gasteiger partial charge in [0.15, 0.2) is 0 Å². The number of benzene rings is 2. The van der Waals surface area contributed by atoms with Crippen LogP contribution in [0.4, 0.5) is 11.4 Å². The van der Waals surface area contributed by atoms with Crippen LogP contribution in [0.1, 0.15) is 11.1 Å². The lowest BCUT2D eigenvalue weighted by Gasteiger charge is -2.09. The second-order valence-electron chi connectivity index (χ2n) is 4.41. The van der Waals surface area contributed by atoms with Crippen LogP contribution in [-0.4, -0.2) is 8.42 Å². The Morgan fingerprint density at radius 3 is 2.62 bits per heavy atom. The Balaban J connectivity index is 2.18. The highest BCUT2D eigenvalue weighted by Gasteiger charge is 2.13. The average Bonchev–Trinajstić information content (AvgIpc) is 2.37. The molecule has 0 saturated carbocycles. The molecule has 0 spiro atoms. The molecule has 2 aromatic rings. The van der Waals surface area contributed by atoms with Crippen molar-refractivity contribution >= 4 is 33.0 Å². The molecule has 2 rings (SSSR count). The van der Waals surface area contributed by atoms with Gasteiger partial charge in [-0.25, -0.2) is 8.42 Å². The normalized spacial score (nSPS) is 10.9. The molecule has 108 valence electrons. The number of rotatable bonds is 4. The van der Waals surface area contributed by atoms with E-state index in [0.29, 0.717) is 16.9 Å². The summed E-state index contributed by atoms with van der Waals surface area (Å²) in [6.45, 7) is 0. The molecule has 0 radical (unpaired) electrons. The number of nitrogens with zero attached hydrogens (tertiary/aromatic N) is 1. The van der Waals surface area contributed by atoms with Crippen LogP contribution in [0.2, 0.25) is 5.02 Å². The fourth-order valence-corrected chi connectivity index (χ4v) is 3.19. The lowest BCUT2D eigenvalue weighted by atomic mass is 10.2. The summed E-state index contributed by atoms with van der Waals surface area (Å²) in [5.41, 5.74) is 7.30. The van der Waals surface area contributed by atoms with Crippen LogP contribution >= 0.6 is 11.6 Å². The van der Waals surface area contributed by atoms with Gasteiger partial charge in [0.25, 0.3) is 0 Å². The van der Waals surface area contributed by atoms with Crippen molar-refractivity contribution < 1.29 is 8.42 Å². The van der Waals surface area contributed by atoms with E-state index >= 15 is 0 Å². The van der Waals surface area contributed by atoms with Crippen LogP contribution in [0.25, 0.3) is 0 Å². The molecular weight excluding hydrogens is 310 g/mol. The van der Waals surface area contributed by atoms with Crippen LogP contribution in [0, 0.1) is 11.3 Å². The molecule has 5 nitrogen and oxygen atoms in total. The minimum Gasteiger partial charge on any atom is -0.399 e. The summed E-state index contributed by atoms with van der Waals surface area (Å²) in [6.07, 6.45) is 0. The molecule has 3 N–H and O–H groups in total. The Kier molecular flexibility index (Phi) is 4.36. The third kappa shape index (κ3) is 4.12. The Morgan fingerprint density at radius 2 is 2.00 bits per heavy atom. The number of anilines is 2. The van der Waals surface area contributed by atoms with Gasteiger partial charge in [-0.15, -0.1) is 0 Å². The van der Waals surface area contributed by atoms with Crippen LogP contribution in [-0.2, 0) is 15.8 Å². The molecule has 0 aliphatic rings. The van der Waals surface area contributed by atoms with Gasteiger partial charge in [-0.05, 0) is 35.9 Å². The zero-order chi connectivity index (χ0) is 15.5. The van der Waals surface area contributed by atoms with Crippen molar-refractivity contribution in [2.75, 3.05) is 10.5 Å². The second kappa shape index (κ2) is 6.04. The molecule has 21 heavy (non-hydrogen) atoms. The predicted octanol–water partition coefficient (Wildman–Crippen LogP) is 2.74. The number of hydrogen-bond acceptors (Lipinski definition) is 4. The summed E-state index contributed by atoms with van der Waals surface area (Å²) in [6, 6.07) is 12.9. The zero-order valence-corrected chi connectivity index (χ0v) is 12.4. The van der Waals surface area contributed by atoms with E-state index in [1.807, 2.05) is 6.07 Å². The van der Waals surface area contributed by atoms with E-state index in [9.17, 15) is 8.42 Å². The quantitative estimate of drug-likeness (QED) is 0.846.